The van der Waals surface area contributed by atoms with Crippen molar-refractivity contribution in [1.82, 2.24) is 9.88 Å². The van der Waals surface area contributed by atoms with Crippen LogP contribution in [0.5, 0.6) is 0 Å². The van der Waals surface area contributed by atoms with Crippen LogP contribution in [0.15, 0.2) is 46.5 Å². The number of thiazole rings is 1. The predicted molar refractivity (Wildman–Crippen MR) is 94.0 cm³/mol. The number of amides is 1. The zero-order valence-corrected chi connectivity index (χ0v) is 14.1. The zero-order valence-electron chi connectivity index (χ0n) is 12.5. The Kier molecular flexibility index (Phi) is 4.10. The number of nitrogens with zero attached hydrogens (tertiary/aromatic N) is 2. The van der Waals surface area contributed by atoms with Gasteiger partial charge in [-0.2, -0.15) is 0 Å². The van der Waals surface area contributed by atoms with Crippen LogP contribution in [0, 0.1) is 0 Å². The molecule has 0 aliphatic carbocycles. The van der Waals surface area contributed by atoms with E-state index in [-0.39, 0.29) is 5.91 Å². The lowest BCUT2D eigenvalue weighted by Crippen LogP contribution is -2.32. The molecular weight excluding hydrogens is 328 g/mol. The van der Waals surface area contributed by atoms with Gasteiger partial charge >= 0.3 is 0 Å². The second-order valence-electron chi connectivity index (χ2n) is 5.49. The molecule has 1 aromatic carbocycles. The minimum absolute atomic E-state index is 0.112. The Balaban J connectivity index is 1.50. The third-order valence-electron chi connectivity index (χ3n) is 4.07. The average Bonchev–Trinajstić information content (AvgIpc) is 3.21. The fourth-order valence-electron chi connectivity index (χ4n) is 2.85. The van der Waals surface area contributed by atoms with Gasteiger partial charge in [-0.05, 0) is 36.8 Å². The summed E-state index contributed by atoms with van der Waals surface area (Å²) in [5.41, 5.74) is 3.52. The Morgan fingerprint density at radius 3 is 3.13 bits per heavy atom. The van der Waals surface area contributed by atoms with Crippen LogP contribution in [0.2, 0.25) is 0 Å². The Morgan fingerprint density at radius 1 is 1.30 bits per heavy atom. The van der Waals surface area contributed by atoms with Gasteiger partial charge in [0, 0.05) is 24.4 Å². The first-order valence-electron chi connectivity index (χ1n) is 7.59. The van der Waals surface area contributed by atoms with E-state index >= 15 is 0 Å². The van der Waals surface area contributed by atoms with Crippen molar-refractivity contribution < 1.29 is 9.21 Å². The van der Waals surface area contributed by atoms with Crippen molar-refractivity contribution >= 4 is 39.2 Å². The number of thioether (sulfide) groups is 1. The Morgan fingerprint density at radius 2 is 2.26 bits per heavy atom. The van der Waals surface area contributed by atoms with Gasteiger partial charge in [0.2, 0.25) is 0 Å². The molecule has 118 valence electrons. The molecule has 0 unspecified atom stereocenters. The van der Waals surface area contributed by atoms with Crippen molar-refractivity contribution in [2.45, 2.75) is 11.7 Å². The van der Waals surface area contributed by atoms with E-state index in [2.05, 4.69) is 4.98 Å². The van der Waals surface area contributed by atoms with Gasteiger partial charge in [-0.25, -0.2) is 4.98 Å². The standard InChI is InChI=1S/C17H16N2O2S2/c20-17(12-3-4-13-16(10-12)23-11-18-13)19-6-5-15(22-9-7-19)14-2-1-8-21-14/h1-4,8,10-11,15H,5-7,9H2/t15-/m1/s1. The second kappa shape index (κ2) is 6.37. The molecule has 1 atom stereocenters. The summed E-state index contributed by atoms with van der Waals surface area (Å²) in [6, 6.07) is 9.71. The molecule has 0 spiro atoms. The predicted octanol–water partition coefficient (Wildman–Crippen LogP) is 4.21. The lowest BCUT2D eigenvalue weighted by Gasteiger charge is -2.20. The van der Waals surface area contributed by atoms with Gasteiger partial charge in [0.25, 0.3) is 5.91 Å². The number of carbonyl (C=O) groups is 1. The molecule has 23 heavy (non-hydrogen) atoms. The first kappa shape index (κ1) is 14.8. The van der Waals surface area contributed by atoms with Gasteiger partial charge in [0.15, 0.2) is 0 Å². The minimum atomic E-state index is 0.112. The van der Waals surface area contributed by atoms with Crippen LogP contribution in [-0.2, 0) is 0 Å². The van der Waals surface area contributed by atoms with Crippen molar-refractivity contribution in [2.24, 2.45) is 0 Å². The number of aromatic nitrogens is 1. The maximum Gasteiger partial charge on any atom is 0.253 e. The molecular formula is C17H16N2O2S2. The Bertz CT molecular complexity index is 813. The highest BCUT2D eigenvalue weighted by atomic mass is 32.2. The van der Waals surface area contributed by atoms with Crippen LogP contribution >= 0.6 is 23.1 Å². The lowest BCUT2D eigenvalue weighted by atomic mass is 10.1. The molecule has 0 bridgehead atoms. The normalized spacial score (nSPS) is 19.0. The fourth-order valence-corrected chi connectivity index (χ4v) is 4.74. The molecule has 1 aliphatic heterocycles. The van der Waals surface area contributed by atoms with Gasteiger partial charge in [-0.3, -0.25) is 4.79 Å². The zero-order chi connectivity index (χ0) is 15.6. The number of carbonyl (C=O) groups excluding carboxylic acids is 1. The first-order valence-corrected chi connectivity index (χ1v) is 9.51. The Hall–Kier alpha value is -1.79. The summed E-state index contributed by atoms with van der Waals surface area (Å²) in [7, 11) is 0. The maximum absolute atomic E-state index is 12.8. The van der Waals surface area contributed by atoms with Crippen LogP contribution in [0.4, 0.5) is 0 Å². The molecule has 4 nitrogen and oxygen atoms in total. The topological polar surface area (TPSA) is 46.3 Å². The summed E-state index contributed by atoms with van der Waals surface area (Å²) in [5, 5.41) is 0.340. The molecule has 1 fully saturated rings. The molecule has 3 aromatic rings. The quantitative estimate of drug-likeness (QED) is 0.699. The van der Waals surface area contributed by atoms with Crippen molar-refractivity contribution in [1.29, 1.82) is 0 Å². The van der Waals surface area contributed by atoms with Crippen molar-refractivity contribution in [3.63, 3.8) is 0 Å². The van der Waals surface area contributed by atoms with E-state index in [1.807, 2.05) is 52.5 Å². The van der Waals surface area contributed by atoms with Crippen LogP contribution < -0.4 is 0 Å². The smallest absolute Gasteiger partial charge is 0.253 e. The van der Waals surface area contributed by atoms with Gasteiger partial charge < -0.3 is 9.32 Å². The summed E-state index contributed by atoms with van der Waals surface area (Å²) in [5.74, 6) is 2.05. The molecule has 2 aromatic heterocycles. The van der Waals surface area contributed by atoms with Crippen LogP contribution in [-0.4, -0.2) is 34.6 Å². The Labute approximate surface area is 142 Å². The highest BCUT2D eigenvalue weighted by Crippen LogP contribution is 2.34. The number of benzene rings is 1. The third kappa shape index (κ3) is 3.01. The minimum Gasteiger partial charge on any atom is -0.468 e. The van der Waals surface area contributed by atoms with E-state index < -0.39 is 0 Å². The van der Waals surface area contributed by atoms with E-state index in [0.717, 1.165) is 46.8 Å². The molecule has 4 rings (SSSR count). The molecule has 1 aliphatic rings. The monoisotopic (exact) mass is 344 g/mol. The fraction of sp³-hybridized carbons (Fsp3) is 0.294. The molecule has 6 heteroatoms. The van der Waals surface area contributed by atoms with Crippen molar-refractivity contribution in [2.75, 3.05) is 18.8 Å². The van der Waals surface area contributed by atoms with E-state index in [1.165, 1.54) is 0 Å². The average molecular weight is 344 g/mol. The summed E-state index contributed by atoms with van der Waals surface area (Å²) >= 11 is 3.44. The summed E-state index contributed by atoms with van der Waals surface area (Å²) in [6.45, 7) is 1.54. The molecule has 1 amide bonds. The van der Waals surface area contributed by atoms with Gasteiger partial charge in [-0.1, -0.05) is 0 Å². The number of furan rings is 1. The first-order chi connectivity index (χ1) is 11.3. The van der Waals surface area contributed by atoms with E-state index in [9.17, 15) is 4.79 Å². The molecule has 0 saturated carbocycles. The van der Waals surface area contributed by atoms with Crippen molar-refractivity contribution in [3.05, 3.63) is 53.4 Å². The third-order valence-corrected chi connectivity index (χ3v) is 6.15. The van der Waals surface area contributed by atoms with E-state index in [1.54, 1.807) is 17.6 Å². The van der Waals surface area contributed by atoms with E-state index in [4.69, 9.17) is 4.42 Å². The van der Waals surface area contributed by atoms with Crippen LogP contribution in [0.1, 0.15) is 27.8 Å². The van der Waals surface area contributed by atoms with Gasteiger partial charge in [-0.15, -0.1) is 23.1 Å². The molecule has 0 radical (unpaired) electrons. The summed E-state index contributed by atoms with van der Waals surface area (Å²) < 4.78 is 6.58. The van der Waals surface area contributed by atoms with Crippen LogP contribution in [0.25, 0.3) is 10.2 Å². The van der Waals surface area contributed by atoms with Gasteiger partial charge in [0.1, 0.15) is 5.76 Å². The molecule has 1 saturated heterocycles. The number of rotatable bonds is 2. The van der Waals surface area contributed by atoms with Crippen molar-refractivity contribution in [3.8, 4) is 0 Å². The SMILES string of the molecule is O=C(c1ccc2ncsc2c1)N1CCS[C@@H](c2ccco2)CC1. The highest BCUT2D eigenvalue weighted by Gasteiger charge is 2.24. The maximum atomic E-state index is 12.8. The van der Waals surface area contributed by atoms with E-state index in [0.29, 0.717) is 5.25 Å². The highest BCUT2D eigenvalue weighted by molar-refractivity contribution is 7.99. The van der Waals surface area contributed by atoms with Gasteiger partial charge in [0.05, 0.1) is 27.2 Å². The van der Waals surface area contributed by atoms with Crippen LogP contribution in [0.3, 0.4) is 0 Å². The summed E-state index contributed by atoms with van der Waals surface area (Å²) in [4.78, 5) is 19.0. The number of hydrogen-bond donors (Lipinski definition) is 0. The molecule has 0 N–H and O–H groups in total. The lowest BCUT2D eigenvalue weighted by molar-refractivity contribution is 0.0766. The summed E-state index contributed by atoms with van der Waals surface area (Å²) in [6.07, 6.45) is 2.64. The largest absolute Gasteiger partial charge is 0.468 e. The number of fused-ring (bicyclic) bond motifs is 1. The number of hydrogen-bond acceptors (Lipinski definition) is 5. The molecule has 3 heterocycles. The second-order valence-corrected chi connectivity index (χ2v) is 7.69.